The van der Waals surface area contributed by atoms with Crippen molar-refractivity contribution in [3.63, 3.8) is 0 Å². The first-order chi connectivity index (χ1) is 14.2. The molecule has 1 aromatic heterocycles. The van der Waals surface area contributed by atoms with E-state index < -0.39 is 6.09 Å². The van der Waals surface area contributed by atoms with E-state index in [9.17, 15) is 14.3 Å². The number of ether oxygens (including phenoxy) is 1. The van der Waals surface area contributed by atoms with Gasteiger partial charge in [0.05, 0.1) is 24.0 Å². The molecule has 4 rings (SSSR count). The SMILES string of the molecule is CC1=C(Nc2ccc(F)cc2OC2CCC(C)(C)CC2)c2ccsc2CN1C(=O)O. The van der Waals surface area contributed by atoms with Crippen molar-refractivity contribution >= 4 is 28.8 Å². The molecule has 30 heavy (non-hydrogen) atoms. The number of carbonyl (C=O) groups is 1. The number of anilines is 1. The Morgan fingerprint density at radius 2 is 2.03 bits per heavy atom. The summed E-state index contributed by atoms with van der Waals surface area (Å²) in [7, 11) is 0. The van der Waals surface area contributed by atoms with Gasteiger partial charge >= 0.3 is 6.09 Å². The summed E-state index contributed by atoms with van der Waals surface area (Å²) in [6.07, 6.45) is 3.08. The average molecular weight is 431 g/mol. The van der Waals surface area contributed by atoms with Crippen molar-refractivity contribution in [2.45, 2.75) is 59.1 Å². The number of nitrogens with one attached hydrogen (secondary N) is 1. The highest BCUT2D eigenvalue weighted by Gasteiger charge is 2.30. The van der Waals surface area contributed by atoms with Crippen molar-refractivity contribution in [2.75, 3.05) is 5.32 Å². The normalized spacial score (nSPS) is 18.9. The molecular formula is C23H27FN2O3S. The maximum atomic E-state index is 14.0. The van der Waals surface area contributed by atoms with Crippen LogP contribution in [0.3, 0.4) is 0 Å². The summed E-state index contributed by atoms with van der Waals surface area (Å²) in [5.41, 5.74) is 3.26. The van der Waals surface area contributed by atoms with Gasteiger partial charge in [0.25, 0.3) is 0 Å². The molecule has 1 fully saturated rings. The minimum absolute atomic E-state index is 0.0500. The molecular weight excluding hydrogens is 403 g/mol. The molecule has 0 unspecified atom stereocenters. The van der Waals surface area contributed by atoms with Crippen LogP contribution in [-0.4, -0.2) is 22.2 Å². The van der Waals surface area contributed by atoms with E-state index >= 15 is 0 Å². The third-order valence-electron chi connectivity index (χ3n) is 6.10. The van der Waals surface area contributed by atoms with Crippen molar-refractivity contribution < 1.29 is 19.0 Å². The lowest BCUT2D eigenvalue weighted by Crippen LogP contribution is -2.32. The van der Waals surface area contributed by atoms with Gasteiger partial charge in [0.2, 0.25) is 0 Å². The third-order valence-corrected chi connectivity index (χ3v) is 7.00. The second-order valence-electron chi connectivity index (χ2n) is 8.83. The van der Waals surface area contributed by atoms with E-state index in [2.05, 4.69) is 19.2 Å². The Balaban J connectivity index is 1.63. The first kappa shape index (κ1) is 20.7. The molecule has 0 atom stereocenters. The minimum Gasteiger partial charge on any atom is -0.488 e. The van der Waals surface area contributed by atoms with Crippen molar-refractivity contribution in [3.05, 3.63) is 51.6 Å². The van der Waals surface area contributed by atoms with E-state index in [1.807, 2.05) is 11.4 Å². The molecule has 2 aliphatic rings. The standard InChI is InChI=1S/C23H27FN2O3S/c1-14-21(17-8-11-30-20(17)13-26(14)22(27)28)25-18-5-4-15(24)12-19(18)29-16-6-9-23(2,3)10-7-16/h4-5,8,11-12,16,25H,6-7,9-10,13H2,1-3H3,(H,27,28). The molecule has 1 aliphatic carbocycles. The Morgan fingerprint density at radius 1 is 1.30 bits per heavy atom. The second-order valence-corrected chi connectivity index (χ2v) is 9.83. The highest BCUT2D eigenvalue weighted by molar-refractivity contribution is 7.10. The first-order valence-electron chi connectivity index (χ1n) is 10.2. The molecule has 0 bridgehead atoms. The predicted octanol–water partition coefficient (Wildman–Crippen LogP) is 6.53. The third kappa shape index (κ3) is 4.17. The number of thiophene rings is 1. The average Bonchev–Trinajstić information content (AvgIpc) is 3.15. The molecule has 7 heteroatoms. The van der Waals surface area contributed by atoms with Gasteiger partial charge in [-0.15, -0.1) is 11.3 Å². The van der Waals surface area contributed by atoms with Gasteiger partial charge in [-0.1, -0.05) is 13.8 Å². The van der Waals surface area contributed by atoms with Crippen LogP contribution in [0.2, 0.25) is 0 Å². The molecule has 0 spiro atoms. The van der Waals surface area contributed by atoms with E-state index in [1.54, 1.807) is 13.0 Å². The number of carboxylic acid groups (broad SMARTS) is 1. The Hall–Kier alpha value is -2.54. The quantitative estimate of drug-likeness (QED) is 0.579. The van der Waals surface area contributed by atoms with Crippen LogP contribution in [-0.2, 0) is 6.54 Å². The van der Waals surface area contributed by atoms with Gasteiger partial charge < -0.3 is 15.2 Å². The molecule has 1 saturated carbocycles. The second kappa shape index (κ2) is 7.95. The van der Waals surface area contributed by atoms with Gasteiger partial charge in [0, 0.05) is 22.2 Å². The van der Waals surface area contributed by atoms with Crippen LogP contribution in [0.25, 0.3) is 5.70 Å². The van der Waals surface area contributed by atoms with Crippen LogP contribution in [0.4, 0.5) is 14.9 Å². The Morgan fingerprint density at radius 3 is 2.73 bits per heavy atom. The van der Waals surface area contributed by atoms with Crippen LogP contribution in [0.1, 0.15) is 56.9 Å². The first-order valence-corrected chi connectivity index (χ1v) is 11.1. The summed E-state index contributed by atoms with van der Waals surface area (Å²) >= 11 is 1.53. The molecule has 1 amide bonds. The lowest BCUT2D eigenvalue weighted by Gasteiger charge is -2.35. The minimum atomic E-state index is -0.994. The maximum Gasteiger partial charge on any atom is 0.411 e. The fraction of sp³-hybridized carbons (Fsp3) is 0.435. The smallest absolute Gasteiger partial charge is 0.411 e. The van der Waals surface area contributed by atoms with Crippen molar-refractivity contribution in [1.29, 1.82) is 0 Å². The lowest BCUT2D eigenvalue weighted by atomic mass is 9.76. The monoisotopic (exact) mass is 430 g/mol. The molecule has 0 radical (unpaired) electrons. The number of fused-ring (bicyclic) bond motifs is 1. The zero-order valence-corrected chi connectivity index (χ0v) is 18.3. The van der Waals surface area contributed by atoms with Crippen molar-refractivity contribution in [2.24, 2.45) is 5.41 Å². The highest BCUT2D eigenvalue weighted by atomic mass is 32.1. The molecule has 1 aromatic carbocycles. The van der Waals surface area contributed by atoms with E-state index in [1.165, 1.54) is 28.4 Å². The van der Waals surface area contributed by atoms with E-state index in [-0.39, 0.29) is 11.9 Å². The van der Waals surface area contributed by atoms with Gasteiger partial charge in [-0.2, -0.15) is 0 Å². The molecule has 0 saturated heterocycles. The van der Waals surface area contributed by atoms with Crippen LogP contribution in [0.15, 0.2) is 35.3 Å². The maximum absolute atomic E-state index is 14.0. The van der Waals surface area contributed by atoms with Gasteiger partial charge in [0.15, 0.2) is 0 Å². The van der Waals surface area contributed by atoms with Crippen molar-refractivity contribution in [1.82, 2.24) is 4.90 Å². The number of hydrogen-bond acceptors (Lipinski definition) is 4. The highest BCUT2D eigenvalue weighted by Crippen LogP contribution is 2.40. The predicted molar refractivity (Wildman–Crippen MR) is 117 cm³/mol. The molecule has 2 heterocycles. The van der Waals surface area contributed by atoms with Gasteiger partial charge in [-0.3, -0.25) is 4.90 Å². The number of hydrogen-bond donors (Lipinski definition) is 2. The van der Waals surface area contributed by atoms with E-state index in [4.69, 9.17) is 4.74 Å². The van der Waals surface area contributed by atoms with Gasteiger partial charge in [0.1, 0.15) is 11.6 Å². The van der Waals surface area contributed by atoms with E-state index in [0.29, 0.717) is 34.8 Å². The summed E-state index contributed by atoms with van der Waals surface area (Å²) in [5, 5.41) is 14.9. The van der Waals surface area contributed by atoms with E-state index in [0.717, 1.165) is 36.1 Å². The largest absolute Gasteiger partial charge is 0.488 e. The number of nitrogens with zero attached hydrogens (tertiary/aromatic N) is 1. The molecule has 5 nitrogen and oxygen atoms in total. The molecule has 1 aliphatic heterocycles. The molecule has 2 aromatic rings. The Labute approximate surface area is 180 Å². The summed E-state index contributed by atoms with van der Waals surface area (Å²) < 4.78 is 20.3. The summed E-state index contributed by atoms with van der Waals surface area (Å²) in [4.78, 5) is 14.0. The summed E-state index contributed by atoms with van der Waals surface area (Å²) in [6, 6.07) is 6.44. The number of halogens is 1. The fourth-order valence-corrected chi connectivity index (χ4v) is 5.02. The lowest BCUT2D eigenvalue weighted by molar-refractivity contribution is 0.0991. The topological polar surface area (TPSA) is 61.8 Å². The Bertz CT molecular complexity index is 988. The van der Waals surface area contributed by atoms with Crippen LogP contribution in [0, 0.1) is 11.2 Å². The Kier molecular flexibility index (Phi) is 5.49. The zero-order chi connectivity index (χ0) is 21.5. The van der Waals surface area contributed by atoms with Gasteiger partial charge in [-0.25, -0.2) is 9.18 Å². The zero-order valence-electron chi connectivity index (χ0n) is 17.5. The number of amides is 1. The number of allylic oxidation sites excluding steroid dienone is 1. The van der Waals surface area contributed by atoms with Crippen LogP contribution in [0.5, 0.6) is 5.75 Å². The molecule has 2 N–H and O–H groups in total. The fourth-order valence-electron chi connectivity index (χ4n) is 4.15. The van der Waals surface area contributed by atoms with Crippen molar-refractivity contribution in [3.8, 4) is 5.75 Å². The number of rotatable bonds is 4. The molecule has 160 valence electrons. The van der Waals surface area contributed by atoms with Crippen LogP contribution < -0.4 is 10.1 Å². The summed E-state index contributed by atoms with van der Waals surface area (Å²) in [6.45, 7) is 6.65. The summed E-state index contributed by atoms with van der Waals surface area (Å²) in [5.74, 6) is 0.105. The van der Waals surface area contributed by atoms with Crippen LogP contribution >= 0.6 is 11.3 Å². The number of benzene rings is 1. The van der Waals surface area contributed by atoms with Gasteiger partial charge in [-0.05, 0) is 61.6 Å².